The van der Waals surface area contributed by atoms with Crippen LogP contribution in [0.4, 0.5) is 5.82 Å². The van der Waals surface area contributed by atoms with Crippen LogP contribution in [0.25, 0.3) is 0 Å². The van der Waals surface area contributed by atoms with Gasteiger partial charge in [0.1, 0.15) is 10.7 Å². The lowest BCUT2D eigenvalue weighted by Gasteiger charge is -2.38. The summed E-state index contributed by atoms with van der Waals surface area (Å²) in [6, 6.07) is 3.73. The van der Waals surface area contributed by atoms with Crippen LogP contribution >= 0.6 is 0 Å². The number of carbonyl (C=O) groups is 1. The topological polar surface area (TPSA) is 85.8 Å². The Labute approximate surface area is 173 Å². The molecule has 0 bridgehead atoms. The monoisotopic (exact) mass is 421 g/mol. The first kappa shape index (κ1) is 20.6. The smallest absolute Gasteiger partial charge is 0.244 e. The first-order valence-corrected chi connectivity index (χ1v) is 12.1. The van der Waals surface area contributed by atoms with Gasteiger partial charge in [0.05, 0.1) is 6.04 Å². The second-order valence-corrected chi connectivity index (χ2v) is 10.2. The van der Waals surface area contributed by atoms with Crippen molar-refractivity contribution >= 4 is 21.7 Å². The Hall–Kier alpha value is -1.71. The Kier molecular flexibility index (Phi) is 6.08. The number of rotatable bonds is 6. The van der Waals surface area contributed by atoms with Crippen LogP contribution in [0.15, 0.2) is 23.2 Å². The van der Waals surface area contributed by atoms with E-state index in [-0.39, 0.29) is 16.8 Å². The number of nitrogens with one attached hydrogen (secondary N) is 1. The quantitative estimate of drug-likeness (QED) is 0.739. The molecule has 9 heteroatoms. The second kappa shape index (κ2) is 8.57. The van der Waals surface area contributed by atoms with E-state index in [4.69, 9.17) is 0 Å². The molecule has 2 aliphatic heterocycles. The average Bonchev–Trinajstić information content (AvgIpc) is 3.58. The number of nitrogens with zero attached hydrogens (tertiary/aromatic N) is 4. The van der Waals surface area contributed by atoms with Gasteiger partial charge in [-0.25, -0.2) is 13.4 Å². The Morgan fingerprint density at radius 3 is 2.34 bits per heavy atom. The molecule has 1 aromatic rings. The van der Waals surface area contributed by atoms with Crippen molar-refractivity contribution < 1.29 is 13.2 Å². The van der Waals surface area contributed by atoms with Crippen molar-refractivity contribution in [2.75, 3.05) is 44.2 Å². The van der Waals surface area contributed by atoms with Gasteiger partial charge in [-0.15, -0.1) is 0 Å². The first-order valence-electron chi connectivity index (χ1n) is 10.7. The molecule has 1 amide bonds. The van der Waals surface area contributed by atoms with Crippen LogP contribution in [-0.4, -0.2) is 79.9 Å². The van der Waals surface area contributed by atoms with Gasteiger partial charge in [0.2, 0.25) is 15.9 Å². The van der Waals surface area contributed by atoms with E-state index >= 15 is 0 Å². The summed E-state index contributed by atoms with van der Waals surface area (Å²) in [6.07, 6.45) is 6.62. The molecule has 3 heterocycles. The number of hydrogen-bond donors (Lipinski definition) is 1. The fraction of sp³-hybridized carbons (Fsp3) is 0.700. The highest BCUT2D eigenvalue weighted by atomic mass is 32.2. The molecule has 1 atom stereocenters. The Morgan fingerprint density at radius 1 is 1.07 bits per heavy atom. The molecule has 1 unspecified atom stereocenters. The number of amides is 1. The molecule has 0 aromatic carbocycles. The van der Waals surface area contributed by atoms with Crippen LogP contribution in [-0.2, 0) is 14.8 Å². The predicted octanol–water partition coefficient (Wildman–Crippen LogP) is 1.05. The van der Waals surface area contributed by atoms with Crippen LogP contribution in [0.2, 0.25) is 0 Å². The van der Waals surface area contributed by atoms with Crippen molar-refractivity contribution in [3.05, 3.63) is 18.3 Å². The summed E-state index contributed by atoms with van der Waals surface area (Å²) in [5.74, 6) is 0.906. The third kappa shape index (κ3) is 4.73. The molecule has 0 spiro atoms. The molecular weight excluding hydrogens is 390 g/mol. The minimum absolute atomic E-state index is 0.117. The second-order valence-electron chi connectivity index (χ2n) is 8.30. The lowest BCUT2D eigenvalue weighted by Crippen LogP contribution is -2.54. The number of hydrogen-bond acceptors (Lipinski definition) is 6. The molecule has 3 aliphatic rings. The summed E-state index contributed by atoms with van der Waals surface area (Å²) in [7, 11) is -3.44. The number of aromatic nitrogens is 1. The zero-order valence-electron chi connectivity index (χ0n) is 17.1. The summed E-state index contributed by atoms with van der Waals surface area (Å²) in [4.78, 5) is 21.3. The van der Waals surface area contributed by atoms with Crippen molar-refractivity contribution in [2.24, 2.45) is 0 Å². The van der Waals surface area contributed by atoms with E-state index in [1.54, 1.807) is 16.4 Å². The highest BCUT2D eigenvalue weighted by Gasteiger charge is 2.30. The molecule has 160 valence electrons. The molecule has 3 fully saturated rings. The minimum atomic E-state index is -3.44. The van der Waals surface area contributed by atoms with Crippen molar-refractivity contribution in [3.63, 3.8) is 0 Å². The van der Waals surface area contributed by atoms with Gasteiger partial charge in [0.15, 0.2) is 0 Å². The van der Waals surface area contributed by atoms with Crippen molar-refractivity contribution in [2.45, 2.75) is 56.0 Å². The lowest BCUT2D eigenvalue weighted by molar-refractivity contribution is -0.126. The van der Waals surface area contributed by atoms with Crippen LogP contribution in [0, 0.1) is 0 Å². The van der Waals surface area contributed by atoms with Crippen LogP contribution < -0.4 is 10.2 Å². The first-order chi connectivity index (χ1) is 13.9. The number of pyridine rings is 1. The normalized spacial score (nSPS) is 23.0. The van der Waals surface area contributed by atoms with E-state index in [9.17, 15) is 13.2 Å². The summed E-state index contributed by atoms with van der Waals surface area (Å²) in [5, 5.41) is 3.07. The SMILES string of the molecule is CC(C(=O)NC1CC1)N1CCN(c2ccc(S(=O)(=O)N3CCCCC3)cn2)CC1. The Balaban J connectivity index is 1.33. The number of carbonyl (C=O) groups excluding carboxylic acids is 1. The molecular formula is C20H31N5O3S. The van der Waals surface area contributed by atoms with E-state index < -0.39 is 10.0 Å². The lowest BCUT2D eigenvalue weighted by atomic mass is 10.2. The summed E-state index contributed by atoms with van der Waals surface area (Å²) >= 11 is 0. The van der Waals surface area contributed by atoms with Crippen LogP contribution in [0.1, 0.15) is 39.0 Å². The van der Waals surface area contributed by atoms with Crippen LogP contribution in [0.3, 0.4) is 0 Å². The van der Waals surface area contributed by atoms with Gasteiger partial charge in [-0.05, 0) is 44.7 Å². The zero-order chi connectivity index (χ0) is 20.4. The standard InChI is InChI=1S/C20H31N5O3S/c1-16(20(26)22-17-5-6-17)23-11-13-24(14-12-23)19-8-7-18(15-21-19)29(27,28)25-9-3-2-4-10-25/h7-8,15-17H,2-6,9-14H2,1H3,(H,22,26). The van der Waals surface area contributed by atoms with Gasteiger partial charge >= 0.3 is 0 Å². The van der Waals surface area contributed by atoms with Crippen molar-refractivity contribution in [1.29, 1.82) is 0 Å². The number of piperidine rings is 1. The summed E-state index contributed by atoms with van der Waals surface area (Å²) in [5.41, 5.74) is 0. The van der Waals surface area contributed by atoms with E-state index in [1.165, 1.54) is 6.20 Å². The third-order valence-corrected chi connectivity index (χ3v) is 8.04. The largest absolute Gasteiger partial charge is 0.354 e. The molecule has 1 aliphatic carbocycles. The minimum Gasteiger partial charge on any atom is -0.354 e. The van der Waals surface area contributed by atoms with Crippen molar-refractivity contribution in [1.82, 2.24) is 19.5 Å². The van der Waals surface area contributed by atoms with Crippen LogP contribution in [0.5, 0.6) is 0 Å². The molecule has 1 saturated carbocycles. The van der Waals surface area contributed by atoms with E-state index in [1.807, 2.05) is 6.92 Å². The number of anilines is 1. The molecule has 8 nitrogen and oxygen atoms in total. The molecule has 2 saturated heterocycles. The zero-order valence-corrected chi connectivity index (χ0v) is 17.9. The predicted molar refractivity (Wildman–Crippen MR) is 111 cm³/mol. The molecule has 4 rings (SSSR count). The third-order valence-electron chi connectivity index (χ3n) is 6.16. The van der Waals surface area contributed by atoms with E-state index in [0.29, 0.717) is 19.1 Å². The van der Waals surface area contributed by atoms with Gasteiger partial charge in [0.25, 0.3) is 0 Å². The molecule has 1 aromatic heterocycles. The average molecular weight is 422 g/mol. The Bertz CT molecular complexity index is 811. The van der Waals surface area contributed by atoms with E-state index in [0.717, 1.165) is 64.1 Å². The maximum absolute atomic E-state index is 12.8. The van der Waals surface area contributed by atoms with Gasteiger partial charge in [-0.2, -0.15) is 4.31 Å². The van der Waals surface area contributed by atoms with Gasteiger partial charge in [0, 0.05) is 51.5 Å². The fourth-order valence-electron chi connectivity index (χ4n) is 4.02. The number of sulfonamides is 1. The summed E-state index contributed by atoms with van der Waals surface area (Å²) in [6.45, 7) is 6.27. The molecule has 1 N–H and O–H groups in total. The van der Waals surface area contributed by atoms with Crippen molar-refractivity contribution in [3.8, 4) is 0 Å². The molecule has 0 radical (unpaired) electrons. The Morgan fingerprint density at radius 2 is 1.76 bits per heavy atom. The highest BCUT2D eigenvalue weighted by Crippen LogP contribution is 2.23. The van der Waals surface area contributed by atoms with Gasteiger partial charge in [-0.3, -0.25) is 9.69 Å². The fourth-order valence-corrected chi connectivity index (χ4v) is 5.48. The maximum atomic E-state index is 12.8. The molecule has 29 heavy (non-hydrogen) atoms. The summed E-state index contributed by atoms with van der Waals surface area (Å²) < 4.78 is 27.1. The van der Waals surface area contributed by atoms with E-state index in [2.05, 4.69) is 20.1 Å². The number of piperazine rings is 1. The van der Waals surface area contributed by atoms with Gasteiger partial charge in [-0.1, -0.05) is 6.42 Å². The highest BCUT2D eigenvalue weighted by molar-refractivity contribution is 7.89. The van der Waals surface area contributed by atoms with Gasteiger partial charge < -0.3 is 10.2 Å². The maximum Gasteiger partial charge on any atom is 0.244 e.